The minimum absolute atomic E-state index is 0.134. The number of carbonyl (C=O) groups excluding carboxylic acids is 1. The van der Waals surface area contributed by atoms with Crippen LogP contribution in [0.5, 0.6) is 0 Å². The smallest absolute Gasteiger partial charge is 0.335 e. The van der Waals surface area contributed by atoms with E-state index in [4.69, 9.17) is 10.2 Å². The summed E-state index contributed by atoms with van der Waals surface area (Å²) in [7, 11) is 0. The van der Waals surface area contributed by atoms with Crippen LogP contribution in [0.15, 0.2) is 18.2 Å². The Hall–Kier alpha value is -3.03. The number of hydrogen-bond acceptors (Lipinski definition) is 5. The van der Waals surface area contributed by atoms with Crippen LogP contribution in [0.2, 0.25) is 0 Å². The average molecular weight is 289 g/mol. The zero-order chi connectivity index (χ0) is 15.6. The van der Waals surface area contributed by atoms with Crippen molar-refractivity contribution in [1.29, 1.82) is 0 Å². The summed E-state index contributed by atoms with van der Waals surface area (Å²) in [4.78, 5) is 33.0. The molecule has 2 N–H and O–H groups in total. The molecule has 2 aromatic rings. The SMILES string of the molecule is CCc1c(C=O)nnn1-c1cc(C(=O)O)cc(C(=O)O)c1. The lowest BCUT2D eigenvalue weighted by atomic mass is 10.1. The summed E-state index contributed by atoms with van der Waals surface area (Å²) in [5, 5.41) is 25.6. The predicted octanol–water partition coefficient (Wildman–Crippen LogP) is 1.04. The summed E-state index contributed by atoms with van der Waals surface area (Å²) >= 11 is 0. The largest absolute Gasteiger partial charge is 0.478 e. The summed E-state index contributed by atoms with van der Waals surface area (Å²) in [6.45, 7) is 1.78. The molecule has 1 heterocycles. The zero-order valence-corrected chi connectivity index (χ0v) is 11.0. The first-order valence-corrected chi connectivity index (χ1v) is 5.99. The molecular weight excluding hydrogens is 278 g/mol. The number of carbonyl (C=O) groups is 3. The Bertz CT molecular complexity index is 703. The van der Waals surface area contributed by atoms with Gasteiger partial charge < -0.3 is 10.2 Å². The number of hydrogen-bond donors (Lipinski definition) is 2. The van der Waals surface area contributed by atoms with Gasteiger partial charge in [-0.05, 0) is 24.6 Å². The summed E-state index contributed by atoms with van der Waals surface area (Å²) < 4.78 is 1.27. The van der Waals surface area contributed by atoms with Gasteiger partial charge in [0.2, 0.25) is 0 Å². The Labute approximate surface area is 118 Å². The number of aromatic nitrogens is 3. The van der Waals surface area contributed by atoms with Crippen LogP contribution in [0.25, 0.3) is 5.69 Å². The van der Waals surface area contributed by atoms with E-state index in [1.54, 1.807) is 6.92 Å². The highest BCUT2D eigenvalue weighted by molar-refractivity contribution is 5.94. The lowest BCUT2D eigenvalue weighted by Crippen LogP contribution is -2.08. The highest BCUT2D eigenvalue weighted by atomic mass is 16.4. The molecule has 8 nitrogen and oxygen atoms in total. The number of carboxylic acids is 2. The standard InChI is InChI=1S/C13H11N3O5/c1-2-11-10(6-17)14-15-16(11)9-4-7(12(18)19)3-8(5-9)13(20)21/h3-6H,2H2,1H3,(H,18,19)(H,20,21). The lowest BCUT2D eigenvalue weighted by Gasteiger charge is -2.07. The first-order chi connectivity index (χ1) is 9.97. The van der Waals surface area contributed by atoms with Crippen LogP contribution < -0.4 is 0 Å². The van der Waals surface area contributed by atoms with Gasteiger partial charge in [-0.15, -0.1) is 5.10 Å². The van der Waals surface area contributed by atoms with Crippen molar-refractivity contribution >= 4 is 18.2 Å². The Balaban J connectivity index is 2.68. The van der Waals surface area contributed by atoms with Crippen molar-refractivity contribution in [2.45, 2.75) is 13.3 Å². The van der Waals surface area contributed by atoms with E-state index in [0.717, 1.165) is 6.07 Å². The predicted molar refractivity (Wildman–Crippen MR) is 70.0 cm³/mol. The molecule has 1 aromatic heterocycles. The van der Waals surface area contributed by atoms with Gasteiger partial charge in [0.25, 0.3) is 0 Å². The molecule has 0 saturated carbocycles. The van der Waals surface area contributed by atoms with Gasteiger partial charge in [0.15, 0.2) is 6.29 Å². The molecule has 0 atom stereocenters. The third kappa shape index (κ3) is 2.64. The fourth-order valence-electron chi connectivity index (χ4n) is 1.92. The molecule has 0 aliphatic carbocycles. The van der Waals surface area contributed by atoms with Gasteiger partial charge in [0.05, 0.1) is 22.5 Å². The van der Waals surface area contributed by atoms with Crippen molar-refractivity contribution in [2.24, 2.45) is 0 Å². The molecule has 0 saturated heterocycles. The highest BCUT2D eigenvalue weighted by Crippen LogP contribution is 2.17. The van der Waals surface area contributed by atoms with E-state index in [2.05, 4.69) is 10.3 Å². The Morgan fingerprint density at radius 2 is 1.76 bits per heavy atom. The van der Waals surface area contributed by atoms with Crippen LogP contribution in [0.3, 0.4) is 0 Å². The fraction of sp³-hybridized carbons (Fsp3) is 0.154. The van der Waals surface area contributed by atoms with E-state index < -0.39 is 11.9 Å². The number of nitrogens with zero attached hydrogens (tertiary/aromatic N) is 3. The molecule has 21 heavy (non-hydrogen) atoms. The first-order valence-electron chi connectivity index (χ1n) is 5.99. The maximum Gasteiger partial charge on any atom is 0.335 e. The minimum Gasteiger partial charge on any atom is -0.478 e. The topological polar surface area (TPSA) is 122 Å². The molecule has 0 fully saturated rings. The van der Waals surface area contributed by atoms with E-state index in [9.17, 15) is 14.4 Å². The molecule has 0 spiro atoms. The number of carboxylic acid groups (broad SMARTS) is 2. The quantitative estimate of drug-likeness (QED) is 0.788. The first kappa shape index (κ1) is 14.4. The third-order valence-corrected chi connectivity index (χ3v) is 2.90. The van der Waals surface area contributed by atoms with Gasteiger partial charge in [-0.25, -0.2) is 14.3 Å². The van der Waals surface area contributed by atoms with Crippen molar-refractivity contribution in [2.75, 3.05) is 0 Å². The van der Waals surface area contributed by atoms with E-state index in [-0.39, 0.29) is 22.5 Å². The highest BCUT2D eigenvalue weighted by Gasteiger charge is 2.16. The third-order valence-electron chi connectivity index (χ3n) is 2.90. The van der Waals surface area contributed by atoms with Crippen LogP contribution in [-0.4, -0.2) is 43.4 Å². The van der Waals surface area contributed by atoms with Crippen LogP contribution >= 0.6 is 0 Å². The van der Waals surface area contributed by atoms with Crippen molar-refractivity contribution in [3.05, 3.63) is 40.7 Å². The second-order valence-electron chi connectivity index (χ2n) is 4.18. The van der Waals surface area contributed by atoms with Crippen molar-refractivity contribution in [1.82, 2.24) is 15.0 Å². The number of aldehydes is 1. The van der Waals surface area contributed by atoms with E-state index in [1.807, 2.05) is 0 Å². The van der Waals surface area contributed by atoms with Gasteiger partial charge >= 0.3 is 11.9 Å². The Morgan fingerprint density at radius 3 is 2.19 bits per heavy atom. The molecule has 8 heteroatoms. The molecule has 0 aliphatic rings. The maximum absolute atomic E-state index is 11.1. The molecule has 0 aliphatic heterocycles. The summed E-state index contributed by atoms with van der Waals surface area (Å²) in [6.07, 6.45) is 0.974. The number of benzene rings is 1. The molecule has 2 rings (SSSR count). The summed E-state index contributed by atoms with van der Waals surface area (Å²) in [6, 6.07) is 3.60. The van der Waals surface area contributed by atoms with Crippen molar-refractivity contribution < 1.29 is 24.6 Å². The van der Waals surface area contributed by atoms with Gasteiger partial charge in [-0.3, -0.25) is 4.79 Å². The molecule has 108 valence electrons. The molecule has 0 bridgehead atoms. The number of rotatable bonds is 5. The van der Waals surface area contributed by atoms with Crippen molar-refractivity contribution in [3.63, 3.8) is 0 Å². The Kier molecular flexibility index (Phi) is 3.79. The second-order valence-corrected chi connectivity index (χ2v) is 4.18. The van der Waals surface area contributed by atoms with E-state index in [0.29, 0.717) is 18.4 Å². The van der Waals surface area contributed by atoms with Gasteiger partial charge in [0, 0.05) is 0 Å². The molecule has 1 aromatic carbocycles. The average Bonchev–Trinajstić information content (AvgIpc) is 2.89. The second kappa shape index (κ2) is 5.53. The van der Waals surface area contributed by atoms with Crippen LogP contribution in [0.1, 0.15) is 43.8 Å². The fourth-order valence-corrected chi connectivity index (χ4v) is 1.92. The van der Waals surface area contributed by atoms with Crippen LogP contribution in [0.4, 0.5) is 0 Å². The molecule has 0 amide bonds. The summed E-state index contributed by atoms with van der Waals surface area (Å²) in [5.41, 5.74) is 0.467. The molecular formula is C13H11N3O5. The summed E-state index contributed by atoms with van der Waals surface area (Å²) in [5.74, 6) is -2.51. The Morgan fingerprint density at radius 1 is 1.19 bits per heavy atom. The minimum atomic E-state index is -1.26. The molecule has 0 unspecified atom stereocenters. The monoisotopic (exact) mass is 289 g/mol. The maximum atomic E-state index is 11.1. The van der Waals surface area contributed by atoms with E-state index in [1.165, 1.54) is 16.8 Å². The van der Waals surface area contributed by atoms with Crippen LogP contribution in [-0.2, 0) is 6.42 Å². The number of aromatic carboxylic acids is 2. The van der Waals surface area contributed by atoms with Gasteiger partial charge in [-0.1, -0.05) is 12.1 Å². The normalized spacial score (nSPS) is 10.3. The molecule has 0 radical (unpaired) electrons. The van der Waals surface area contributed by atoms with E-state index >= 15 is 0 Å². The van der Waals surface area contributed by atoms with Gasteiger partial charge in [-0.2, -0.15) is 0 Å². The zero-order valence-electron chi connectivity index (χ0n) is 11.0. The lowest BCUT2D eigenvalue weighted by molar-refractivity contribution is 0.0696. The van der Waals surface area contributed by atoms with Gasteiger partial charge in [0.1, 0.15) is 5.69 Å². The van der Waals surface area contributed by atoms with Crippen molar-refractivity contribution in [3.8, 4) is 5.69 Å². The van der Waals surface area contributed by atoms with Crippen LogP contribution in [0, 0.1) is 0 Å².